The number of aliphatic hydroxyl groups excluding tert-OH is 1. The predicted octanol–water partition coefficient (Wildman–Crippen LogP) is 2.59. The highest BCUT2D eigenvalue weighted by molar-refractivity contribution is 5.90. The number of amides is 2. The first-order chi connectivity index (χ1) is 8.54. The monoisotopic (exact) mass is 250 g/mol. The number of aryl methyl sites for hydroxylation is 1. The fourth-order valence-corrected chi connectivity index (χ4v) is 1.70. The normalized spacial score (nSPS) is 12.0. The Hall–Kier alpha value is -1.55. The number of carbonyl (C=O) groups is 1. The molecule has 0 radical (unpaired) electrons. The van der Waals surface area contributed by atoms with E-state index in [1.54, 1.807) is 0 Å². The number of carbonyl (C=O) groups excluding carboxylic acids is 1. The molecule has 0 heterocycles. The Morgan fingerprint density at radius 3 is 2.78 bits per heavy atom. The Morgan fingerprint density at radius 2 is 2.11 bits per heavy atom. The number of hydrogen-bond acceptors (Lipinski definition) is 2. The van der Waals surface area contributed by atoms with Gasteiger partial charge in [-0.15, -0.1) is 0 Å². The molecule has 1 rings (SSSR count). The van der Waals surface area contributed by atoms with Crippen molar-refractivity contribution in [2.75, 3.05) is 11.9 Å². The molecule has 4 nitrogen and oxygen atoms in total. The van der Waals surface area contributed by atoms with Crippen molar-refractivity contribution in [3.8, 4) is 0 Å². The van der Waals surface area contributed by atoms with Crippen LogP contribution in [0.5, 0.6) is 0 Å². The second-order valence-electron chi connectivity index (χ2n) is 4.52. The van der Waals surface area contributed by atoms with E-state index in [1.165, 1.54) is 0 Å². The van der Waals surface area contributed by atoms with Crippen molar-refractivity contribution in [1.29, 1.82) is 0 Å². The topological polar surface area (TPSA) is 61.4 Å². The van der Waals surface area contributed by atoms with E-state index in [1.807, 2.05) is 39.0 Å². The molecule has 0 saturated heterocycles. The zero-order chi connectivity index (χ0) is 13.5. The Balaban J connectivity index is 2.47. The highest BCUT2D eigenvalue weighted by Crippen LogP contribution is 2.17. The van der Waals surface area contributed by atoms with Crippen molar-refractivity contribution in [2.45, 2.75) is 39.7 Å². The van der Waals surface area contributed by atoms with Crippen LogP contribution >= 0.6 is 0 Å². The third-order valence-electron chi connectivity index (χ3n) is 2.97. The first kappa shape index (κ1) is 14.5. The molecular weight excluding hydrogens is 228 g/mol. The van der Waals surface area contributed by atoms with Crippen LogP contribution in [-0.2, 0) is 0 Å². The van der Waals surface area contributed by atoms with Gasteiger partial charge >= 0.3 is 6.03 Å². The minimum absolute atomic E-state index is 0.279. The van der Waals surface area contributed by atoms with E-state index < -0.39 is 6.10 Å². The molecule has 4 heteroatoms. The van der Waals surface area contributed by atoms with Crippen molar-refractivity contribution in [1.82, 2.24) is 5.32 Å². The largest absolute Gasteiger partial charge is 0.391 e. The van der Waals surface area contributed by atoms with Gasteiger partial charge in [0.05, 0.1) is 6.10 Å². The van der Waals surface area contributed by atoms with E-state index in [-0.39, 0.29) is 12.6 Å². The average Bonchev–Trinajstić information content (AvgIpc) is 2.33. The summed E-state index contributed by atoms with van der Waals surface area (Å²) in [6.07, 6.45) is 1.13. The molecule has 1 atom stereocenters. The van der Waals surface area contributed by atoms with Crippen LogP contribution < -0.4 is 10.6 Å². The Labute approximate surface area is 108 Å². The van der Waals surface area contributed by atoms with E-state index in [4.69, 9.17) is 0 Å². The van der Waals surface area contributed by atoms with Gasteiger partial charge < -0.3 is 15.7 Å². The zero-order valence-corrected chi connectivity index (χ0v) is 11.3. The van der Waals surface area contributed by atoms with Crippen LogP contribution in [0.3, 0.4) is 0 Å². The van der Waals surface area contributed by atoms with Crippen LogP contribution in [-0.4, -0.2) is 23.8 Å². The summed E-state index contributed by atoms with van der Waals surface area (Å²) in [5, 5.41) is 15.0. The van der Waals surface area contributed by atoms with E-state index in [0.717, 1.165) is 23.2 Å². The zero-order valence-electron chi connectivity index (χ0n) is 11.3. The van der Waals surface area contributed by atoms with Gasteiger partial charge in [0, 0.05) is 12.2 Å². The summed E-state index contributed by atoms with van der Waals surface area (Å²) in [6, 6.07) is 5.50. The number of benzene rings is 1. The third kappa shape index (κ3) is 4.37. The van der Waals surface area contributed by atoms with E-state index in [0.29, 0.717) is 6.42 Å². The SMILES string of the molecule is CCCC(O)CNC(=O)Nc1cccc(C)c1C. The van der Waals surface area contributed by atoms with Crippen LogP contribution in [0.1, 0.15) is 30.9 Å². The third-order valence-corrected chi connectivity index (χ3v) is 2.97. The molecule has 1 aromatic carbocycles. The summed E-state index contributed by atoms with van der Waals surface area (Å²) in [5.41, 5.74) is 3.00. The molecule has 0 aliphatic rings. The first-order valence-electron chi connectivity index (χ1n) is 6.33. The molecule has 2 amide bonds. The standard InChI is InChI=1S/C14H22N2O2/c1-4-6-12(17)9-15-14(18)16-13-8-5-7-10(2)11(13)3/h5,7-8,12,17H,4,6,9H2,1-3H3,(H2,15,16,18). The maximum atomic E-state index is 11.7. The molecule has 0 bridgehead atoms. The van der Waals surface area contributed by atoms with Gasteiger partial charge in [0.2, 0.25) is 0 Å². The second-order valence-corrected chi connectivity index (χ2v) is 4.52. The van der Waals surface area contributed by atoms with Crippen LogP contribution in [0.2, 0.25) is 0 Å². The lowest BCUT2D eigenvalue weighted by Crippen LogP contribution is -2.35. The van der Waals surface area contributed by atoms with Crippen LogP contribution in [0, 0.1) is 13.8 Å². The van der Waals surface area contributed by atoms with Crippen LogP contribution in [0.15, 0.2) is 18.2 Å². The molecule has 0 fully saturated rings. The molecule has 1 unspecified atom stereocenters. The predicted molar refractivity (Wildman–Crippen MR) is 73.9 cm³/mol. The van der Waals surface area contributed by atoms with Gasteiger partial charge in [0.25, 0.3) is 0 Å². The molecule has 1 aromatic rings. The molecular formula is C14H22N2O2. The highest BCUT2D eigenvalue weighted by atomic mass is 16.3. The van der Waals surface area contributed by atoms with E-state index in [9.17, 15) is 9.90 Å². The average molecular weight is 250 g/mol. The van der Waals surface area contributed by atoms with Crippen molar-refractivity contribution >= 4 is 11.7 Å². The summed E-state index contributed by atoms with van der Waals surface area (Å²) in [6.45, 7) is 6.25. The molecule has 18 heavy (non-hydrogen) atoms. The van der Waals surface area contributed by atoms with Crippen molar-refractivity contribution in [3.63, 3.8) is 0 Å². The highest BCUT2D eigenvalue weighted by Gasteiger charge is 2.07. The molecule has 3 N–H and O–H groups in total. The Bertz CT molecular complexity index is 405. The smallest absolute Gasteiger partial charge is 0.319 e. The molecule has 0 aliphatic carbocycles. The van der Waals surface area contributed by atoms with Gasteiger partial charge in [-0.2, -0.15) is 0 Å². The summed E-state index contributed by atoms with van der Waals surface area (Å²) in [7, 11) is 0. The fourth-order valence-electron chi connectivity index (χ4n) is 1.70. The van der Waals surface area contributed by atoms with Gasteiger partial charge in [-0.1, -0.05) is 25.5 Å². The van der Waals surface area contributed by atoms with Crippen molar-refractivity contribution < 1.29 is 9.90 Å². The van der Waals surface area contributed by atoms with Gasteiger partial charge in [-0.3, -0.25) is 0 Å². The molecule has 0 aromatic heterocycles. The summed E-state index contributed by atoms with van der Waals surface area (Å²) in [4.78, 5) is 11.7. The lowest BCUT2D eigenvalue weighted by molar-refractivity contribution is 0.162. The molecule has 0 spiro atoms. The van der Waals surface area contributed by atoms with Crippen LogP contribution in [0.25, 0.3) is 0 Å². The number of anilines is 1. The van der Waals surface area contributed by atoms with Crippen molar-refractivity contribution in [3.05, 3.63) is 29.3 Å². The molecule has 0 saturated carbocycles. The lowest BCUT2D eigenvalue weighted by atomic mass is 10.1. The van der Waals surface area contributed by atoms with Gasteiger partial charge in [-0.05, 0) is 37.5 Å². The molecule has 100 valence electrons. The summed E-state index contributed by atoms with van der Waals surface area (Å²) < 4.78 is 0. The minimum Gasteiger partial charge on any atom is -0.391 e. The molecule has 0 aliphatic heterocycles. The number of urea groups is 1. The first-order valence-corrected chi connectivity index (χ1v) is 6.33. The van der Waals surface area contributed by atoms with E-state index in [2.05, 4.69) is 10.6 Å². The minimum atomic E-state index is -0.473. The lowest BCUT2D eigenvalue weighted by Gasteiger charge is -2.13. The van der Waals surface area contributed by atoms with Gasteiger partial charge in [0.15, 0.2) is 0 Å². The Kier molecular flexibility index (Phi) is 5.65. The number of rotatable bonds is 5. The quantitative estimate of drug-likeness (QED) is 0.752. The maximum absolute atomic E-state index is 11.7. The second kappa shape index (κ2) is 7.01. The number of nitrogens with one attached hydrogen (secondary N) is 2. The maximum Gasteiger partial charge on any atom is 0.319 e. The van der Waals surface area contributed by atoms with Gasteiger partial charge in [0.1, 0.15) is 0 Å². The number of hydrogen-bond donors (Lipinski definition) is 3. The summed E-state index contributed by atoms with van der Waals surface area (Å²) in [5.74, 6) is 0. The summed E-state index contributed by atoms with van der Waals surface area (Å²) >= 11 is 0. The fraction of sp³-hybridized carbons (Fsp3) is 0.500. The van der Waals surface area contributed by atoms with Crippen LogP contribution in [0.4, 0.5) is 10.5 Å². The van der Waals surface area contributed by atoms with E-state index >= 15 is 0 Å². The van der Waals surface area contributed by atoms with Crippen molar-refractivity contribution in [2.24, 2.45) is 0 Å². The van der Waals surface area contributed by atoms with Gasteiger partial charge in [-0.25, -0.2) is 4.79 Å². The Morgan fingerprint density at radius 1 is 1.39 bits per heavy atom. The number of aliphatic hydroxyl groups is 1.